The van der Waals surface area contributed by atoms with Gasteiger partial charge in [-0.3, -0.25) is 4.99 Å². The number of likely N-dealkylation sites (tertiary alicyclic amines) is 1. The Labute approximate surface area is 108 Å². The van der Waals surface area contributed by atoms with Crippen LogP contribution in [0.3, 0.4) is 0 Å². The summed E-state index contributed by atoms with van der Waals surface area (Å²) in [6.45, 7) is 4.38. The van der Waals surface area contributed by atoms with Crippen LogP contribution < -0.4 is 0 Å². The Balaban J connectivity index is 1.93. The number of aliphatic imine (C=N–C) groups is 1. The lowest BCUT2D eigenvalue weighted by Gasteiger charge is -2.33. The number of benzene rings is 1. The van der Waals surface area contributed by atoms with E-state index in [4.69, 9.17) is 0 Å². The molecule has 2 unspecified atom stereocenters. The van der Waals surface area contributed by atoms with Crippen LogP contribution in [0.15, 0.2) is 17.1 Å². The number of halogens is 1. The summed E-state index contributed by atoms with van der Waals surface area (Å²) in [5, 5.41) is 0. The number of piperidine rings is 1. The fourth-order valence-electron chi connectivity index (χ4n) is 3.10. The first-order valence-corrected chi connectivity index (χ1v) is 6.61. The molecule has 1 fully saturated rings. The van der Waals surface area contributed by atoms with E-state index in [2.05, 4.69) is 28.9 Å². The summed E-state index contributed by atoms with van der Waals surface area (Å²) < 4.78 is 14.2. The third-order valence-corrected chi connectivity index (χ3v) is 4.16. The van der Waals surface area contributed by atoms with E-state index in [1.807, 2.05) is 13.3 Å². The Morgan fingerprint density at radius 2 is 2.22 bits per heavy atom. The Hall–Kier alpha value is -1.22. The largest absolute Gasteiger partial charge is 0.303 e. The van der Waals surface area contributed by atoms with Crippen molar-refractivity contribution in [3.8, 4) is 0 Å². The van der Waals surface area contributed by atoms with Crippen molar-refractivity contribution in [2.45, 2.75) is 32.0 Å². The molecule has 2 aliphatic heterocycles. The van der Waals surface area contributed by atoms with Crippen LogP contribution in [-0.2, 0) is 6.54 Å². The quantitative estimate of drug-likeness (QED) is 0.744. The molecule has 1 aromatic carbocycles. The van der Waals surface area contributed by atoms with Crippen LogP contribution in [0.5, 0.6) is 0 Å². The van der Waals surface area contributed by atoms with Crippen molar-refractivity contribution in [3.05, 3.63) is 34.4 Å². The lowest BCUT2D eigenvalue weighted by atomic mass is 9.84. The molecule has 0 saturated carbocycles. The van der Waals surface area contributed by atoms with Crippen LogP contribution in [0.4, 0.5) is 4.39 Å². The van der Waals surface area contributed by atoms with Gasteiger partial charge in [0, 0.05) is 18.7 Å². The second kappa shape index (κ2) is 4.47. The van der Waals surface area contributed by atoms with Gasteiger partial charge in [0.05, 0.1) is 6.54 Å². The Morgan fingerprint density at radius 1 is 1.39 bits per heavy atom. The predicted molar refractivity (Wildman–Crippen MR) is 72.2 cm³/mol. The lowest BCUT2D eigenvalue weighted by molar-refractivity contribution is 0.139. The molecule has 2 atom stereocenters. The average molecular weight is 246 g/mol. The highest BCUT2D eigenvalue weighted by atomic mass is 19.1. The molecule has 0 aromatic heterocycles. The summed E-state index contributed by atoms with van der Waals surface area (Å²) in [5.41, 5.74) is 4.86. The number of nitrogens with zero attached hydrogens (tertiary/aromatic N) is 2. The number of aryl methyl sites for hydroxylation is 1. The van der Waals surface area contributed by atoms with Gasteiger partial charge in [-0.1, -0.05) is 6.07 Å². The predicted octanol–water partition coefficient (Wildman–Crippen LogP) is 2.68. The van der Waals surface area contributed by atoms with Crippen molar-refractivity contribution in [2.75, 3.05) is 20.1 Å². The highest BCUT2D eigenvalue weighted by Gasteiger charge is 2.30. The summed E-state index contributed by atoms with van der Waals surface area (Å²) >= 11 is 0. The third-order valence-electron chi connectivity index (χ3n) is 4.16. The molecule has 0 spiro atoms. The first-order valence-electron chi connectivity index (χ1n) is 6.61. The van der Waals surface area contributed by atoms with Crippen LogP contribution >= 0.6 is 0 Å². The Morgan fingerprint density at radius 3 is 3.00 bits per heavy atom. The molecule has 96 valence electrons. The molecule has 2 heterocycles. The van der Waals surface area contributed by atoms with Crippen molar-refractivity contribution in [1.29, 1.82) is 0 Å². The van der Waals surface area contributed by atoms with Crippen LogP contribution in [0, 0.1) is 6.92 Å². The van der Waals surface area contributed by atoms with Gasteiger partial charge in [-0.2, -0.15) is 0 Å². The number of hydrogen-bond donors (Lipinski definition) is 0. The number of fused-ring (bicyclic) bond motifs is 1. The average Bonchev–Trinajstić information content (AvgIpc) is 2.75. The van der Waals surface area contributed by atoms with E-state index in [9.17, 15) is 4.39 Å². The van der Waals surface area contributed by atoms with Gasteiger partial charge >= 0.3 is 0 Å². The molecule has 18 heavy (non-hydrogen) atoms. The minimum atomic E-state index is -0.747. The fourth-order valence-corrected chi connectivity index (χ4v) is 3.10. The summed E-state index contributed by atoms with van der Waals surface area (Å²) in [6.07, 6.45) is 2.09. The topological polar surface area (TPSA) is 15.6 Å². The molecule has 0 amide bonds. The van der Waals surface area contributed by atoms with E-state index >= 15 is 0 Å². The van der Waals surface area contributed by atoms with E-state index in [1.54, 1.807) is 0 Å². The first kappa shape index (κ1) is 11.8. The van der Waals surface area contributed by atoms with Crippen LogP contribution in [0.25, 0.3) is 0 Å². The van der Waals surface area contributed by atoms with E-state index in [-0.39, 0.29) is 5.92 Å². The zero-order valence-corrected chi connectivity index (χ0v) is 11.0. The summed E-state index contributed by atoms with van der Waals surface area (Å²) in [7, 11) is 1.99. The number of rotatable bonds is 1. The number of hydrogen-bond acceptors (Lipinski definition) is 2. The van der Waals surface area contributed by atoms with Gasteiger partial charge in [0.1, 0.15) is 6.17 Å². The fraction of sp³-hybridized carbons (Fsp3) is 0.533. The van der Waals surface area contributed by atoms with E-state index in [0.717, 1.165) is 19.5 Å². The molecule has 2 aliphatic rings. The summed E-state index contributed by atoms with van der Waals surface area (Å²) in [5.74, 6) is 0.0621. The van der Waals surface area contributed by atoms with Crippen molar-refractivity contribution in [1.82, 2.24) is 4.90 Å². The number of alkyl halides is 1. The molecule has 0 N–H and O–H groups in total. The van der Waals surface area contributed by atoms with Gasteiger partial charge in [0.25, 0.3) is 0 Å². The maximum Gasteiger partial charge on any atom is 0.120 e. The second-order valence-electron chi connectivity index (χ2n) is 5.55. The molecule has 1 aromatic rings. The SMILES string of the molecule is Cc1cc2c(cc1C1CCN(C)CC1F)CN=C2. The highest BCUT2D eigenvalue weighted by molar-refractivity contribution is 5.85. The molecule has 0 radical (unpaired) electrons. The molecule has 2 nitrogen and oxygen atoms in total. The molecule has 1 saturated heterocycles. The van der Waals surface area contributed by atoms with Crippen molar-refractivity contribution < 1.29 is 4.39 Å². The van der Waals surface area contributed by atoms with Gasteiger partial charge in [-0.15, -0.1) is 0 Å². The molecular formula is C15H19FN2. The van der Waals surface area contributed by atoms with Gasteiger partial charge in [-0.05, 0) is 55.3 Å². The molecule has 3 rings (SSSR count). The van der Waals surface area contributed by atoms with Crippen LogP contribution in [0.2, 0.25) is 0 Å². The second-order valence-corrected chi connectivity index (χ2v) is 5.55. The zero-order chi connectivity index (χ0) is 12.7. The van der Waals surface area contributed by atoms with Gasteiger partial charge < -0.3 is 4.90 Å². The highest BCUT2D eigenvalue weighted by Crippen LogP contribution is 2.34. The minimum absolute atomic E-state index is 0.0621. The van der Waals surface area contributed by atoms with Gasteiger partial charge in [0.15, 0.2) is 0 Å². The standard InChI is InChI=1S/C15H19FN2/c1-10-5-11-7-17-8-12(11)6-14(10)13-3-4-18(2)9-15(13)16/h5-7,13,15H,3-4,8-9H2,1-2H3. The molecular weight excluding hydrogens is 227 g/mol. The van der Waals surface area contributed by atoms with E-state index in [1.165, 1.54) is 22.3 Å². The normalized spacial score (nSPS) is 27.5. The molecule has 0 bridgehead atoms. The van der Waals surface area contributed by atoms with Crippen molar-refractivity contribution in [2.24, 2.45) is 4.99 Å². The first-order chi connectivity index (χ1) is 8.65. The van der Waals surface area contributed by atoms with Crippen molar-refractivity contribution >= 4 is 6.21 Å². The summed E-state index contributed by atoms with van der Waals surface area (Å²) in [6, 6.07) is 4.34. The van der Waals surface area contributed by atoms with Gasteiger partial charge in [-0.25, -0.2) is 4.39 Å². The van der Waals surface area contributed by atoms with E-state index in [0.29, 0.717) is 6.54 Å². The molecule has 3 heteroatoms. The smallest absolute Gasteiger partial charge is 0.120 e. The lowest BCUT2D eigenvalue weighted by Crippen LogP contribution is -2.38. The zero-order valence-electron chi connectivity index (χ0n) is 11.0. The Bertz CT molecular complexity index is 496. The van der Waals surface area contributed by atoms with Crippen molar-refractivity contribution in [3.63, 3.8) is 0 Å². The van der Waals surface area contributed by atoms with E-state index < -0.39 is 6.17 Å². The monoisotopic (exact) mass is 246 g/mol. The van der Waals surface area contributed by atoms with Gasteiger partial charge in [0.2, 0.25) is 0 Å². The third kappa shape index (κ3) is 1.97. The van der Waals surface area contributed by atoms with Crippen LogP contribution in [-0.4, -0.2) is 37.4 Å². The maximum atomic E-state index is 14.2. The Kier molecular flexibility index (Phi) is 2.94. The minimum Gasteiger partial charge on any atom is -0.303 e. The summed E-state index contributed by atoms with van der Waals surface area (Å²) in [4.78, 5) is 6.36. The molecule has 0 aliphatic carbocycles. The van der Waals surface area contributed by atoms with Crippen LogP contribution in [0.1, 0.15) is 34.6 Å². The maximum absolute atomic E-state index is 14.2.